The molecule has 0 aliphatic rings. The van der Waals surface area contributed by atoms with E-state index < -0.39 is 0 Å². The van der Waals surface area contributed by atoms with Gasteiger partial charge in [0.2, 0.25) is 0 Å². The third kappa shape index (κ3) is 4.04. The fourth-order valence-corrected chi connectivity index (χ4v) is 3.84. The van der Waals surface area contributed by atoms with E-state index in [1.165, 1.54) is 0 Å². The Kier molecular flexibility index (Phi) is 6.03. The molecule has 0 aromatic heterocycles. The van der Waals surface area contributed by atoms with E-state index in [1.54, 1.807) is 18.2 Å². The number of hydrogen-bond acceptors (Lipinski definition) is 2. The van der Waals surface area contributed by atoms with Crippen molar-refractivity contribution >= 4 is 35.1 Å². The van der Waals surface area contributed by atoms with Crippen LogP contribution in [0.5, 0.6) is 5.75 Å². The minimum absolute atomic E-state index is 0.248. The van der Waals surface area contributed by atoms with Gasteiger partial charge in [0.05, 0.1) is 10.6 Å². The molecule has 0 radical (unpaired) electrons. The number of nitrogens with one attached hydrogen (secondary N) is 1. The highest BCUT2D eigenvalue weighted by molar-refractivity contribution is 6.35. The van der Waals surface area contributed by atoms with Crippen molar-refractivity contribution in [2.75, 3.05) is 5.32 Å². The molecule has 0 spiro atoms. The molecule has 4 aromatic carbocycles. The van der Waals surface area contributed by atoms with Crippen molar-refractivity contribution in [3.63, 3.8) is 0 Å². The van der Waals surface area contributed by atoms with E-state index in [-0.39, 0.29) is 17.2 Å². The number of amides is 1. The van der Waals surface area contributed by atoms with E-state index in [1.807, 2.05) is 78.9 Å². The molecule has 0 atom stereocenters. The zero-order valence-electron chi connectivity index (χ0n) is 15.8. The van der Waals surface area contributed by atoms with E-state index in [0.29, 0.717) is 16.3 Å². The summed E-state index contributed by atoms with van der Waals surface area (Å²) in [6.45, 7) is 0. The summed E-state index contributed by atoms with van der Waals surface area (Å²) in [6.07, 6.45) is 0. The number of hydrogen-bond donors (Lipinski definition) is 1. The number of anilines is 1. The summed E-state index contributed by atoms with van der Waals surface area (Å²) in [5.41, 5.74) is 4.04. The van der Waals surface area contributed by atoms with Crippen LogP contribution in [0, 0.1) is 0 Å². The molecule has 0 bridgehead atoms. The van der Waals surface area contributed by atoms with E-state index in [0.717, 1.165) is 16.7 Å². The summed E-state index contributed by atoms with van der Waals surface area (Å²) in [6, 6.07) is 30.0. The summed E-state index contributed by atoms with van der Waals surface area (Å²) in [5, 5.41) is 3.29. The van der Waals surface area contributed by atoms with Crippen LogP contribution in [0.15, 0.2) is 97.1 Å². The average molecular weight is 434 g/mol. The zero-order chi connectivity index (χ0) is 20.9. The van der Waals surface area contributed by atoms with Gasteiger partial charge in [-0.15, -0.1) is 0 Å². The zero-order valence-corrected chi connectivity index (χ0v) is 17.3. The summed E-state index contributed by atoms with van der Waals surface area (Å²) < 4.78 is 5.26. The molecule has 0 unspecified atom stereocenters. The lowest BCUT2D eigenvalue weighted by Gasteiger charge is -2.18. The number of benzene rings is 4. The maximum Gasteiger partial charge on any atom is 0.259 e. The van der Waals surface area contributed by atoms with Gasteiger partial charge in [-0.1, -0.05) is 90.5 Å². The van der Waals surface area contributed by atoms with Crippen LogP contribution in [0.2, 0.25) is 5.02 Å². The largest absolute Gasteiger partial charge is 0.384 e. The summed E-state index contributed by atoms with van der Waals surface area (Å²) in [7, 11) is 0. The molecule has 0 aliphatic heterocycles. The molecule has 5 heteroatoms. The fraction of sp³-hybridized carbons (Fsp3) is 0. The quantitative estimate of drug-likeness (QED) is 0.354. The van der Waals surface area contributed by atoms with Crippen LogP contribution < -0.4 is 9.61 Å². The van der Waals surface area contributed by atoms with Gasteiger partial charge < -0.3 is 9.61 Å². The van der Waals surface area contributed by atoms with Crippen molar-refractivity contribution in [1.29, 1.82) is 0 Å². The molecular formula is C25H17Cl2NO2. The number of halogens is 2. The van der Waals surface area contributed by atoms with Gasteiger partial charge in [0.15, 0.2) is 5.75 Å². The first-order valence-corrected chi connectivity index (χ1v) is 10.00. The fourth-order valence-electron chi connectivity index (χ4n) is 3.37. The van der Waals surface area contributed by atoms with Crippen molar-refractivity contribution in [3.05, 3.63) is 108 Å². The lowest BCUT2D eigenvalue weighted by molar-refractivity contribution is 0.102. The van der Waals surface area contributed by atoms with Crippen LogP contribution in [0.3, 0.4) is 0 Å². The molecule has 1 N–H and O–H groups in total. The van der Waals surface area contributed by atoms with Gasteiger partial charge in [-0.3, -0.25) is 4.79 Å². The molecule has 30 heavy (non-hydrogen) atoms. The molecular weight excluding hydrogens is 417 g/mol. The Labute approximate surface area is 185 Å². The lowest BCUT2D eigenvalue weighted by Crippen LogP contribution is -2.13. The second-order valence-corrected chi connectivity index (χ2v) is 7.18. The van der Waals surface area contributed by atoms with Crippen LogP contribution in [-0.4, -0.2) is 5.91 Å². The van der Waals surface area contributed by atoms with Crippen molar-refractivity contribution in [1.82, 2.24) is 0 Å². The highest BCUT2D eigenvalue weighted by Crippen LogP contribution is 2.46. The maximum absolute atomic E-state index is 13.1. The smallest absolute Gasteiger partial charge is 0.259 e. The van der Waals surface area contributed by atoms with Gasteiger partial charge in [-0.25, -0.2) is 0 Å². The number of para-hydroxylation sites is 1. The highest BCUT2D eigenvalue weighted by atomic mass is 35.5. The Bertz CT molecular complexity index is 1160. The van der Waals surface area contributed by atoms with Gasteiger partial charge in [-0.05, 0) is 29.3 Å². The average Bonchev–Trinajstić information content (AvgIpc) is 2.80. The molecule has 4 aromatic rings. The standard InChI is InChI=1S/C25H17Cl2NO2/c26-21-16-20(25(29)28-19-14-8-3-9-15-19)24(30-27)23(18-12-6-2-7-13-18)22(21)17-10-4-1-5-11-17/h1-16H,(H,28,29). The highest BCUT2D eigenvalue weighted by Gasteiger charge is 2.25. The Hall–Kier alpha value is -3.27. The molecule has 148 valence electrons. The molecule has 0 aliphatic carbocycles. The SMILES string of the molecule is O=C(Nc1ccccc1)c1cc(Cl)c(-c2ccccc2)c(-c2ccccc2)c1OCl. The van der Waals surface area contributed by atoms with E-state index in [4.69, 9.17) is 27.8 Å². The van der Waals surface area contributed by atoms with Crippen molar-refractivity contribution < 1.29 is 9.08 Å². The van der Waals surface area contributed by atoms with E-state index in [2.05, 4.69) is 5.32 Å². The van der Waals surface area contributed by atoms with Gasteiger partial charge >= 0.3 is 0 Å². The third-order valence-corrected chi connectivity index (χ3v) is 5.16. The van der Waals surface area contributed by atoms with Crippen LogP contribution in [0.25, 0.3) is 22.3 Å². The molecule has 0 saturated carbocycles. The minimum Gasteiger partial charge on any atom is -0.384 e. The van der Waals surface area contributed by atoms with Crippen LogP contribution in [0.4, 0.5) is 5.69 Å². The normalized spacial score (nSPS) is 10.5. The van der Waals surface area contributed by atoms with Crippen LogP contribution in [-0.2, 0) is 0 Å². The topological polar surface area (TPSA) is 38.3 Å². The van der Waals surface area contributed by atoms with Gasteiger partial charge in [-0.2, -0.15) is 0 Å². The second kappa shape index (κ2) is 9.04. The van der Waals surface area contributed by atoms with Gasteiger partial charge in [0.25, 0.3) is 5.91 Å². The minimum atomic E-state index is -0.365. The number of carbonyl (C=O) groups excluding carboxylic acids is 1. The summed E-state index contributed by atoms with van der Waals surface area (Å²) in [5.74, 6) is -0.116. The molecule has 0 fully saturated rings. The Balaban J connectivity index is 1.93. The third-order valence-electron chi connectivity index (χ3n) is 4.71. The monoisotopic (exact) mass is 433 g/mol. The van der Waals surface area contributed by atoms with Gasteiger partial charge in [0, 0.05) is 16.8 Å². The summed E-state index contributed by atoms with van der Waals surface area (Å²) >= 11 is 12.6. The first-order chi connectivity index (χ1) is 14.7. The van der Waals surface area contributed by atoms with Crippen LogP contribution in [0.1, 0.15) is 10.4 Å². The molecule has 1 amide bonds. The molecule has 3 nitrogen and oxygen atoms in total. The molecule has 4 rings (SSSR count). The Morgan fingerprint density at radius 2 is 1.23 bits per heavy atom. The molecule has 0 heterocycles. The Morgan fingerprint density at radius 3 is 1.77 bits per heavy atom. The first-order valence-electron chi connectivity index (χ1n) is 9.31. The van der Waals surface area contributed by atoms with Gasteiger partial charge in [0.1, 0.15) is 11.9 Å². The maximum atomic E-state index is 13.1. The second-order valence-electron chi connectivity index (χ2n) is 6.61. The predicted octanol–water partition coefficient (Wildman–Crippen LogP) is 7.46. The van der Waals surface area contributed by atoms with Crippen molar-refractivity contribution in [3.8, 4) is 28.0 Å². The lowest BCUT2D eigenvalue weighted by atomic mass is 9.91. The summed E-state index contributed by atoms with van der Waals surface area (Å²) in [4.78, 5) is 13.1. The Morgan fingerprint density at radius 1 is 0.733 bits per heavy atom. The first kappa shape index (κ1) is 20.0. The van der Waals surface area contributed by atoms with Crippen molar-refractivity contribution in [2.24, 2.45) is 0 Å². The van der Waals surface area contributed by atoms with E-state index >= 15 is 0 Å². The van der Waals surface area contributed by atoms with Crippen molar-refractivity contribution in [2.45, 2.75) is 0 Å². The molecule has 0 saturated heterocycles. The predicted molar refractivity (Wildman–Crippen MR) is 123 cm³/mol. The number of rotatable bonds is 5. The van der Waals surface area contributed by atoms with E-state index in [9.17, 15) is 4.79 Å². The number of carbonyl (C=O) groups is 1. The van der Waals surface area contributed by atoms with Crippen LogP contribution >= 0.6 is 23.5 Å².